The van der Waals surface area contributed by atoms with E-state index in [2.05, 4.69) is 4.98 Å². The second-order valence-electron chi connectivity index (χ2n) is 6.71. The molecule has 0 saturated heterocycles. The summed E-state index contributed by atoms with van der Waals surface area (Å²) in [5, 5.41) is 1.27. The number of anilines is 1. The summed E-state index contributed by atoms with van der Waals surface area (Å²) in [7, 11) is 0. The third-order valence-electron chi connectivity index (χ3n) is 4.55. The molecule has 0 radical (unpaired) electrons. The van der Waals surface area contributed by atoms with E-state index in [1.807, 2.05) is 79.7 Å². The minimum Gasteiger partial charge on any atom is -0.283 e. The molecule has 3 aromatic carbocycles. The molecule has 0 saturated carbocycles. The van der Waals surface area contributed by atoms with Crippen LogP contribution in [0.4, 0.5) is 5.13 Å². The molecule has 1 amide bonds. The molecule has 0 atom stereocenters. The first kappa shape index (κ1) is 18.7. The van der Waals surface area contributed by atoms with Gasteiger partial charge in [0.2, 0.25) is 5.91 Å². The quantitative estimate of drug-likeness (QED) is 0.405. The number of hydrogen-bond donors (Lipinski definition) is 0. The monoisotopic (exact) mass is 406 g/mol. The van der Waals surface area contributed by atoms with Crippen molar-refractivity contribution in [2.45, 2.75) is 19.9 Å². The molecule has 1 aromatic heterocycles. The highest BCUT2D eigenvalue weighted by Crippen LogP contribution is 2.33. The zero-order valence-corrected chi connectivity index (χ0v) is 17.0. The van der Waals surface area contributed by atoms with E-state index in [4.69, 9.17) is 11.6 Å². The predicted octanol–water partition coefficient (Wildman–Crippen LogP) is 6.03. The maximum absolute atomic E-state index is 13.2. The van der Waals surface area contributed by atoms with Crippen LogP contribution in [-0.4, -0.2) is 10.9 Å². The molecule has 0 aliphatic carbocycles. The first-order valence-electron chi connectivity index (χ1n) is 9.05. The summed E-state index contributed by atoms with van der Waals surface area (Å²) in [5.74, 6) is 0.0166. The fourth-order valence-electron chi connectivity index (χ4n) is 3.02. The number of halogens is 1. The summed E-state index contributed by atoms with van der Waals surface area (Å²) in [6, 6.07) is 23.7. The molecule has 0 aliphatic heterocycles. The Labute approximate surface area is 173 Å². The number of para-hydroxylation sites is 1. The van der Waals surface area contributed by atoms with Gasteiger partial charge in [-0.2, -0.15) is 0 Å². The standard InChI is InChI=1S/C23H19ClN2OS/c1-16-10-12-17(13-11-16)14-21(27)26(15-18-6-3-2-4-7-18)23-25-22-19(24)8-5-9-20(22)28-23/h2-13H,14-15H2,1H3. The van der Waals surface area contributed by atoms with E-state index in [0.29, 0.717) is 23.1 Å². The van der Waals surface area contributed by atoms with E-state index in [9.17, 15) is 4.79 Å². The highest BCUT2D eigenvalue weighted by molar-refractivity contribution is 7.22. The number of carbonyl (C=O) groups is 1. The molecule has 28 heavy (non-hydrogen) atoms. The van der Waals surface area contributed by atoms with Crippen molar-refractivity contribution in [2.75, 3.05) is 4.90 Å². The lowest BCUT2D eigenvalue weighted by Crippen LogP contribution is -2.31. The predicted molar refractivity (Wildman–Crippen MR) is 117 cm³/mol. The summed E-state index contributed by atoms with van der Waals surface area (Å²) < 4.78 is 0.976. The van der Waals surface area contributed by atoms with Crippen molar-refractivity contribution in [1.29, 1.82) is 0 Å². The lowest BCUT2D eigenvalue weighted by molar-refractivity contribution is -0.118. The zero-order chi connectivity index (χ0) is 19.5. The fraction of sp³-hybridized carbons (Fsp3) is 0.130. The Hall–Kier alpha value is -2.69. The normalized spacial score (nSPS) is 10.9. The molecule has 0 unspecified atom stereocenters. The molecule has 0 spiro atoms. The molecular formula is C23H19ClN2OS. The zero-order valence-electron chi connectivity index (χ0n) is 15.4. The van der Waals surface area contributed by atoms with Gasteiger partial charge in [-0.25, -0.2) is 4.98 Å². The Kier molecular flexibility index (Phi) is 5.42. The smallest absolute Gasteiger partial charge is 0.233 e. The van der Waals surface area contributed by atoms with E-state index in [1.165, 1.54) is 16.9 Å². The number of aryl methyl sites for hydroxylation is 1. The average Bonchev–Trinajstić information content (AvgIpc) is 3.14. The number of rotatable bonds is 5. The number of carbonyl (C=O) groups excluding carboxylic acids is 1. The van der Waals surface area contributed by atoms with E-state index < -0.39 is 0 Å². The summed E-state index contributed by atoms with van der Waals surface area (Å²) in [5.41, 5.74) is 3.97. The van der Waals surface area contributed by atoms with Crippen LogP contribution >= 0.6 is 22.9 Å². The Morgan fingerprint density at radius 2 is 1.71 bits per heavy atom. The number of hydrogen-bond acceptors (Lipinski definition) is 3. The van der Waals surface area contributed by atoms with Crippen molar-refractivity contribution in [3.63, 3.8) is 0 Å². The maximum Gasteiger partial charge on any atom is 0.233 e. The van der Waals surface area contributed by atoms with Crippen LogP contribution in [0.25, 0.3) is 10.2 Å². The van der Waals surface area contributed by atoms with E-state index in [0.717, 1.165) is 21.3 Å². The summed E-state index contributed by atoms with van der Waals surface area (Å²) >= 11 is 7.79. The second-order valence-corrected chi connectivity index (χ2v) is 8.13. The molecule has 0 bridgehead atoms. The minimum absolute atomic E-state index is 0.0166. The Balaban J connectivity index is 1.69. The number of thiazole rings is 1. The van der Waals surface area contributed by atoms with Crippen LogP contribution in [0.3, 0.4) is 0 Å². The van der Waals surface area contributed by atoms with Crippen molar-refractivity contribution in [2.24, 2.45) is 0 Å². The van der Waals surface area contributed by atoms with Gasteiger partial charge in [0, 0.05) is 0 Å². The second kappa shape index (κ2) is 8.13. The molecule has 140 valence electrons. The van der Waals surface area contributed by atoms with Crippen LogP contribution in [-0.2, 0) is 17.8 Å². The number of fused-ring (bicyclic) bond motifs is 1. The number of nitrogens with zero attached hydrogens (tertiary/aromatic N) is 2. The van der Waals surface area contributed by atoms with Gasteiger partial charge in [-0.05, 0) is 30.2 Å². The summed E-state index contributed by atoms with van der Waals surface area (Å²) in [6.45, 7) is 2.52. The van der Waals surface area contributed by atoms with Crippen LogP contribution in [0, 0.1) is 6.92 Å². The van der Waals surface area contributed by atoms with Crippen molar-refractivity contribution in [3.05, 3.63) is 94.5 Å². The molecule has 4 rings (SSSR count). The highest BCUT2D eigenvalue weighted by atomic mass is 35.5. The Bertz CT molecular complexity index is 1110. The largest absolute Gasteiger partial charge is 0.283 e. The first-order chi connectivity index (χ1) is 13.6. The molecule has 1 heterocycles. The molecule has 4 aromatic rings. The number of aromatic nitrogens is 1. The van der Waals surface area contributed by atoms with Gasteiger partial charge in [0.25, 0.3) is 0 Å². The summed E-state index contributed by atoms with van der Waals surface area (Å²) in [6.07, 6.45) is 0.330. The molecular weight excluding hydrogens is 388 g/mol. The average molecular weight is 407 g/mol. The van der Waals surface area contributed by atoms with Crippen molar-refractivity contribution in [1.82, 2.24) is 4.98 Å². The lowest BCUT2D eigenvalue weighted by atomic mass is 10.1. The van der Waals surface area contributed by atoms with Gasteiger partial charge < -0.3 is 0 Å². The van der Waals surface area contributed by atoms with Gasteiger partial charge in [0.15, 0.2) is 5.13 Å². The molecule has 0 N–H and O–H groups in total. The van der Waals surface area contributed by atoms with Crippen LogP contribution < -0.4 is 4.90 Å². The van der Waals surface area contributed by atoms with Crippen LogP contribution in [0.15, 0.2) is 72.8 Å². The van der Waals surface area contributed by atoms with Crippen LogP contribution in [0.2, 0.25) is 5.02 Å². The van der Waals surface area contributed by atoms with Crippen molar-refractivity contribution >= 4 is 44.2 Å². The van der Waals surface area contributed by atoms with Gasteiger partial charge in [-0.1, -0.05) is 89.2 Å². The van der Waals surface area contributed by atoms with Crippen LogP contribution in [0.1, 0.15) is 16.7 Å². The minimum atomic E-state index is 0.0166. The topological polar surface area (TPSA) is 33.2 Å². The SMILES string of the molecule is Cc1ccc(CC(=O)N(Cc2ccccc2)c2nc3c(Cl)cccc3s2)cc1. The lowest BCUT2D eigenvalue weighted by Gasteiger charge is -2.20. The van der Waals surface area contributed by atoms with Crippen molar-refractivity contribution < 1.29 is 4.79 Å². The highest BCUT2D eigenvalue weighted by Gasteiger charge is 2.21. The molecule has 0 fully saturated rings. The van der Waals surface area contributed by atoms with Crippen LogP contribution in [0.5, 0.6) is 0 Å². The van der Waals surface area contributed by atoms with Gasteiger partial charge in [-0.15, -0.1) is 0 Å². The number of amides is 1. The summed E-state index contributed by atoms with van der Waals surface area (Å²) in [4.78, 5) is 19.7. The fourth-order valence-corrected chi connectivity index (χ4v) is 4.31. The molecule has 0 aliphatic rings. The van der Waals surface area contributed by atoms with Gasteiger partial charge in [0.1, 0.15) is 5.52 Å². The van der Waals surface area contributed by atoms with Crippen molar-refractivity contribution in [3.8, 4) is 0 Å². The third kappa shape index (κ3) is 4.08. The molecule has 5 heteroatoms. The van der Waals surface area contributed by atoms with E-state index in [-0.39, 0.29) is 5.91 Å². The Morgan fingerprint density at radius 3 is 2.43 bits per heavy atom. The number of benzene rings is 3. The third-order valence-corrected chi connectivity index (χ3v) is 5.90. The van der Waals surface area contributed by atoms with Gasteiger partial charge in [0.05, 0.1) is 22.7 Å². The Morgan fingerprint density at radius 1 is 0.964 bits per heavy atom. The van der Waals surface area contributed by atoms with E-state index in [1.54, 1.807) is 4.90 Å². The maximum atomic E-state index is 13.2. The van der Waals surface area contributed by atoms with E-state index >= 15 is 0 Å². The first-order valence-corrected chi connectivity index (χ1v) is 10.2. The van der Waals surface area contributed by atoms with Gasteiger partial charge >= 0.3 is 0 Å². The van der Waals surface area contributed by atoms with Gasteiger partial charge in [-0.3, -0.25) is 9.69 Å². The molecule has 3 nitrogen and oxygen atoms in total.